The van der Waals surface area contributed by atoms with Crippen LogP contribution in [-0.4, -0.2) is 24.3 Å². The number of benzene rings is 2. The average molecular weight is 523 g/mol. The van der Waals surface area contributed by atoms with Gasteiger partial charge in [0, 0.05) is 0 Å². The highest BCUT2D eigenvalue weighted by Crippen LogP contribution is 2.34. The quantitative estimate of drug-likeness (QED) is 0.198. The molecule has 2 aromatic rings. The van der Waals surface area contributed by atoms with Crippen LogP contribution in [0.3, 0.4) is 0 Å². The van der Waals surface area contributed by atoms with Gasteiger partial charge in [0.2, 0.25) is 0 Å². The standard InChI is InChI=1S/C34H50O4/c1-3-5-6-7-8-9-10-24-38-31-22-23-32(34(35)36)33(26-31)29-18-20-30(21-19-29)37-25-11-13-28-16-14-27(12-4-2)15-17-28/h18-23,26-28H,3-17,24-25H2,1-2H3,(H,35,36). The highest BCUT2D eigenvalue weighted by Gasteiger charge is 2.20. The second kappa shape index (κ2) is 17.2. The summed E-state index contributed by atoms with van der Waals surface area (Å²) < 4.78 is 12.0. The van der Waals surface area contributed by atoms with E-state index in [1.807, 2.05) is 30.3 Å². The summed E-state index contributed by atoms with van der Waals surface area (Å²) >= 11 is 0. The summed E-state index contributed by atoms with van der Waals surface area (Å²) in [7, 11) is 0. The zero-order chi connectivity index (χ0) is 27.0. The van der Waals surface area contributed by atoms with Crippen LogP contribution in [0.15, 0.2) is 42.5 Å². The van der Waals surface area contributed by atoms with Gasteiger partial charge in [-0.2, -0.15) is 0 Å². The molecule has 0 spiro atoms. The molecule has 1 saturated carbocycles. The van der Waals surface area contributed by atoms with Gasteiger partial charge in [-0.05, 0) is 72.6 Å². The molecule has 0 unspecified atom stereocenters. The molecule has 0 atom stereocenters. The number of aromatic carboxylic acids is 1. The van der Waals surface area contributed by atoms with Crippen LogP contribution < -0.4 is 9.47 Å². The molecule has 38 heavy (non-hydrogen) atoms. The maximum absolute atomic E-state index is 11.9. The van der Waals surface area contributed by atoms with Crippen molar-refractivity contribution in [3.05, 3.63) is 48.0 Å². The van der Waals surface area contributed by atoms with E-state index >= 15 is 0 Å². The zero-order valence-corrected chi connectivity index (χ0v) is 23.9. The third kappa shape index (κ3) is 10.3. The summed E-state index contributed by atoms with van der Waals surface area (Å²) in [5, 5.41) is 9.73. The number of unbranched alkanes of at least 4 members (excludes halogenated alkanes) is 6. The van der Waals surface area contributed by atoms with Crippen molar-refractivity contribution in [1.82, 2.24) is 0 Å². The summed E-state index contributed by atoms with van der Waals surface area (Å²) in [6.07, 6.45) is 19.3. The van der Waals surface area contributed by atoms with Gasteiger partial charge in [-0.15, -0.1) is 0 Å². The Morgan fingerprint density at radius 1 is 0.711 bits per heavy atom. The predicted octanol–water partition coefficient (Wildman–Crippen LogP) is 9.95. The van der Waals surface area contributed by atoms with E-state index in [0.717, 1.165) is 48.3 Å². The second-order valence-corrected chi connectivity index (χ2v) is 11.2. The Bertz CT molecular complexity index is 928. The molecule has 0 aliphatic heterocycles. The topological polar surface area (TPSA) is 55.8 Å². The Morgan fingerprint density at radius 2 is 1.29 bits per heavy atom. The minimum absolute atomic E-state index is 0.288. The lowest BCUT2D eigenvalue weighted by molar-refractivity contribution is 0.0697. The van der Waals surface area contributed by atoms with Gasteiger partial charge in [0.1, 0.15) is 11.5 Å². The monoisotopic (exact) mass is 522 g/mol. The number of carboxylic acids is 1. The molecule has 210 valence electrons. The minimum atomic E-state index is -0.928. The highest BCUT2D eigenvalue weighted by atomic mass is 16.5. The molecule has 1 fully saturated rings. The van der Waals surface area contributed by atoms with Crippen molar-refractivity contribution >= 4 is 5.97 Å². The first-order valence-corrected chi connectivity index (χ1v) is 15.3. The third-order valence-electron chi connectivity index (χ3n) is 8.09. The zero-order valence-electron chi connectivity index (χ0n) is 23.9. The van der Waals surface area contributed by atoms with E-state index in [-0.39, 0.29) is 5.56 Å². The molecule has 0 saturated heterocycles. The van der Waals surface area contributed by atoms with Crippen LogP contribution in [0.4, 0.5) is 0 Å². The third-order valence-corrected chi connectivity index (χ3v) is 8.09. The van der Waals surface area contributed by atoms with E-state index in [2.05, 4.69) is 13.8 Å². The predicted molar refractivity (Wildman–Crippen MR) is 157 cm³/mol. The molecule has 0 amide bonds. The first-order chi connectivity index (χ1) is 18.6. The minimum Gasteiger partial charge on any atom is -0.494 e. The van der Waals surface area contributed by atoms with Crippen LogP contribution in [0.5, 0.6) is 11.5 Å². The number of ether oxygens (including phenoxy) is 2. The van der Waals surface area contributed by atoms with Crippen LogP contribution in [-0.2, 0) is 0 Å². The molecule has 3 rings (SSSR count). The van der Waals surface area contributed by atoms with Crippen molar-refractivity contribution in [2.24, 2.45) is 11.8 Å². The first-order valence-electron chi connectivity index (χ1n) is 15.3. The van der Waals surface area contributed by atoms with Gasteiger partial charge in [-0.25, -0.2) is 4.79 Å². The molecule has 0 heterocycles. The van der Waals surface area contributed by atoms with Gasteiger partial charge < -0.3 is 14.6 Å². The maximum Gasteiger partial charge on any atom is 0.336 e. The fourth-order valence-corrected chi connectivity index (χ4v) is 5.80. The summed E-state index contributed by atoms with van der Waals surface area (Å²) in [5.41, 5.74) is 1.83. The van der Waals surface area contributed by atoms with Crippen molar-refractivity contribution in [3.8, 4) is 22.6 Å². The van der Waals surface area contributed by atoms with E-state index in [1.54, 1.807) is 12.1 Å². The molecule has 4 heteroatoms. The number of carbonyl (C=O) groups is 1. The van der Waals surface area contributed by atoms with Crippen molar-refractivity contribution in [2.45, 2.75) is 110 Å². The number of hydrogen-bond donors (Lipinski definition) is 1. The summed E-state index contributed by atoms with van der Waals surface area (Å²) in [6, 6.07) is 13.1. The van der Waals surface area contributed by atoms with E-state index in [4.69, 9.17) is 9.47 Å². The molecular weight excluding hydrogens is 472 g/mol. The summed E-state index contributed by atoms with van der Waals surface area (Å²) in [4.78, 5) is 11.9. The highest BCUT2D eigenvalue weighted by molar-refractivity contribution is 5.96. The molecule has 1 aliphatic carbocycles. The Labute approximate surface area is 231 Å². The number of hydrogen-bond acceptors (Lipinski definition) is 3. The van der Waals surface area contributed by atoms with E-state index < -0.39 is 5.97 Å². The van der Waals surface area contributed by atoms with Gasteiger partial charge in [-0.1, -0.05) is 103 Å². The molecule has 0 bridgehead atoms. The molecule has 0 radical (unpaired) electrons. The van der Waals surface area contributed by atoms with Crippen LogP contribution in [0.2, 0.25) is 0 Å². The van der Waals surface area contributed by atoms with Crippen LogP contribution >= 0.6 is 0 Å². The van der Waals surface area contributed by atoms with Crippen LogP contribution in [0.1, 0.15) is 121 Å². The normalized spacial score (nSPS) is 17.3. The summed E-state index contributed by atoms with van der Waals surface area (Å²) in [6.45, 7) is 5.93. The van der Waals surface area contributed by atoms with Gasteiger partial charge >= 0.3 is 5.97 Å². The number of carboxylic acid groups (broad SMARTS) is 1. The Hall–Kier alpha value is -2.49. The SMILES string of the molecule is CCCCCCCCCOc1ccc(C(=O)O)c(-c2ccc(OCCCC3CCC(CCC)CC3)cc2)c1. The molecule has 1 aliphatic rings. The van der Waals surface area contributed by atoms with Gasteiger partial charge in [0.15, 0.2) is 0 Å². The van der Waals surface area contributed by atoms with Crippen LogP contribution in [0.25, 0.3) is 11.1 Å². The maximum atomic E-state index is 11.9. The van der Waals surface area contributed by atoms with E-state index in [1.165, 1.54) is 83.5 Å². The van der Waals surface area contributed by atoms with Crippen molar-refractivity contribution < 1.29 is 19.4 Å². The molecule has 2 aromatic carbocycles. The first kappa shape index (κ1) is 30.1. The van der Waals surface area contributed by atoms with Crippen molar-refractivity contribution in [3.63, 3.8) is 0 Å². The lowest BCUT2D eigenvalue weighted by Gasteiger charge is -2.28. The Kier molecular flexibility index (Phi) is 13.6. The van der Waals surface area contributed by atoms with Gasteiger partial charge in [0.05, 0.1) is 18.8 Å². The lowest BCUT2D eigenvalue weighted by atomic mass is 9.78. The van der Waals surface area contributed by atoms with E-state index in [0.29, 0.717) is 12.2 Å². The fraction of sp³-hybridized carbons (Fsp3) is 0.618. The van der Waals surface area contributed by atoms with Crippen LogP contribution in [0, 0.1) is 11.8 Å². The van der Waals surface area contributed by atoms with E-state index in [9.17, 15) is 9.90 Å². The lowest BCUT2D eigenvalue weighted by Crippen LogP contribution is -2.15. The smallest absolute Gasteiger partial charge is 0.336 e. The number of rotatable bonds is 18. The average Bonchev–Trinajstić information content (AvgIpc) is 2.94. The molecule has 1 N–H and O–H groups in total. The fourth-order valence-electron chi connectivity index (χ4n) is 5.80. The molecular formula is C34H50O4. The second-order valence-electron chi connectivity index (χ2n) is 11.2. The molecule has 4 nitrogen and oxygen atoms in total. The largest absolute Gasteiger partial charge is 0.494 e. The van der Waals surface area contributed by atoms with Gasteiger partial charge in [-0.3, -0.25) is 0 Å². The van der Waals surface area contributed by atoms with Crippen molar-refractivity contribution in [1.29, 1.82) is 0 Å². The summed E-state index contributed by atoms with van der Waals surface area (Å²) in [5.74, 6) is 2.46. The van der Waals surface area contributed by atoms with Crippen molar-refractivity contribution in [2.75, 3.05) is 13.2 Å². The Morgan fingerprint density at radius 3 is 1.95 bits per heavy atom. The molecule has 0 aromatic heterocycles. The van der Waals surface area contributed by atoms with Gasteiger partial charge in [0.25, 0.3) is 0 Å². The Balaban J connectivity index is 1.45.